The number of halogens is 2. The molecule has 2 aromatic rings. The summed E-state index contributed by atoms with van der Waals surface area (Å²) in [5.74, 6) is -1.98. The molecule has 0 aliphatic carbocycles. The SMILES string of the molecule is COCC(=O)Nc1ccc(Cl)cc1/C=C1\CNC(=O)CN(S(=O)(=O)c2ccc(Cl)cc2)C1=O. The van der Waals surface area contributed by atoms with Crippen molar-refractivity contribution in [3.05, 3.63) is 63.6 Å². The molecule has 1 aliphatic heterocycles. The number of ether oxygens (including phenoxy) is 1. The summed E-state index contributed by atoms with van der Waals surface area (Å²) in [6.45, 7) is -1.10. The van der Waals surface area contributed by atoms with Crippen LogP contribution in [0.2, 0.25) is 10.0 Å². The maximum Gasteiger partial charge on any atom is 0.267 e. The lowest BCUT2D eigenvalue weighted by molar-refractivity contribution is -0.127. The molecule has 1 saturated heterocycles. The predicted molar refractivity (Wildman–Crippen MR) is 123 cm³/mol. The van der Waals surface area contributed by atoms with E-state index in [0.717, 1.165) is 0 Å². The van der Waals surface area contributed by atoms with Crippen molar-refractivity contribution in [2.75, 3.05) is 32.1 Å². The number of amides is 3. The van der Waals surface area contributed by atoms with Gasteiger partial charge in [-0.1, -0.05) is 23.2 Å². The molecule has 0 bridgehead atoms. The molecule has 0 unspecified atom stereocenters. The average molecular weight is 512 g/mol. The van der Waals surface area contributed by atoms with E-state index >= 15 is 0 Å². The number of methoxy groups -OCH3 is 1. The molecule has 0 spiro atoms. The number of rotatable bonds is 6. The average Bonchev–Trinajstić information content (AvgIpc) is 2.90. The second kappa shape index (κ2) is 10.3. The van der Waals surface area contributed by atoms with Gasteiger partial charge in [0.25, 0.3) is 15.9 Å². The first-order valence-corrected chi connectivity index (χ1v) is 11.7. The minimum Gasteiger partial charge on any atom is -0.375 e. The summed E-state index contributed by atoms with van der Waals surface area (Å²) in [5.41, 5.74) is 0.641. The highest BCUT2D eigenvalue weighted by atomic mass is 35.5. The Bertz CT molecular complexity index is 1230. The first-order valence-electron chi connectivity index (χ1n) is 9.50. The van der Waals surface area contributed by atoms with Crippen molar-refractivity contribution < 1.29 is 27.5 Å². The Morgan fingerprint density at radius 2 is 1.82 bits per heavy atom. The lowest BCUT2D eigenvalue weighted by Crippen LogP contribution is -2.40. The maximum atomic E-state index is 13.2. The van der Waals surface area contributed by atoms with Crippen molar-refractivity contribution in [3.8, 4) is 0 Å². The molecule has 3 amide bonds. The van der Waals surface area contributed by atoms with Gasteiger partial charge in [0, 0.05) is 40.5 Å². The molecular formula is C21H19Cl2N3O6S. The number of carbonyl (C=O) groups is 3. The van der Waals surface area contributed by atoms with E-state index in [4.69, 9.17) is 27.9 Å². The van der Waals surface area contributed by atoms with Crippen LogP contribution in [0.25, 0.3) is 6.08 Å². The first kappa shape index (κ1) is 24.7. The third-order valence-electron chi connectivity index (χ3n) is 4.56. The normalized spacial score (nSPS) is 15.8. The van der Waals surface area contributed by atoms with Crippen LogP contribution in [-0.4, -0.2) is 57.3 Å². The van der Waals surface area contributed by atoms with E-state index in [9.17, 15) is 22.8 Å². The molecule has 0 saturated carbocycles. The number of carbonyl (C=O) groups excluding carboxylic acids is 3. The van der Waals surface area contributed by atoms with Gasteiger partial charge in [0.2, 0.25) is 11.8 Å². The molecule has 12 heteroatoms. The molecule has 174 valence electrons. The zero-order valence-corrected chi connectivity index (χ0v) is 19.6. The summed E-state index contributed by atoms with van der Waals surface area (Å²) in [6.07, 6.45) is 1.37. The number of sulfonamides is 1. The monoisotopic (exact) mass is 511 g/mol. The Kier molecular flexibility index (Phi) is 7.75. The maximum absolute atomic E-state index is 13.2. The molecule has 1 fully saturated rings. The Morgan fingerprint density at radius 1 is 1.15 bits per heavy atom. The van der Waals surface area contributed by atoms with Crippen LogP contribution in [0.15, 0.2) is 52.9 Å². The molecule has 0 radical (unpaired) electrons. The molecule has 1 heterocycles. The van der Waals surface area contributed by atoms with E-state index in [-0.39, 0.29) is 23.6 Å². The van der Waals surface area contributed by atoms with Crippen LogP contribution >= 0.6 is 23.2 Å². The standard InChI is InChI=1S/C21H19Cl2N3O6S/c1-32-12-20(28)25-18-7-4-16(23)9-13(18)8-14-10-24-19(27)11-26(21(14)29)33(30,31)17-5-2-15(22)3-6-17/h2-9H,10-12H2,1H3,(H,24,27)(H,25,28)/b14-8+. The summed E-state index contributed by atoms with van der Waals surface area (Å²) in [4.78, 5) is 37.2. The Hall–Kier alpha value is -2.92. The Labute approximate surface area is 200 Å². The van der Waals surface area contributed by atoms with Crippen molar-refractivity contribution in [1.82, 2.24) is 9.62 Å². The van der Waals surface area contributed by atoms with E-state index in [0.29, 0.717) is 25.6 Å². The molecular weight excluding hydrogens is 493 g/mol. The van der Waals surface area contributed by atoms with Crippen LogP contribution in [0.5, 0.6) is 0 Å². The smallest absolute Gasteiger partial charge is 0.267 e. The summed E-state index contributed by atoms with van der Waals surface area (Å²) < 4.78 is 31.5. The summed E-state index contributed by atoms with van der Waals surface area (Å²) in [6, 6.07) is 9.80. The molecule has 33 heavy (non-hydrogen) atoms. The van der Waals surface area contributed by atoms with Gasteiger partial charge in [0.15, 0.2) is 0 Å². The third kappa shape index (κ3) is 5.91. The molecule has 2 N–H and O–H groups in total. The zero-order valence-electron chi connectivity index (χ0n) is 17.3. The van der Waals surface area contributed by atoms with Gasteiger partial charge in [-0.2, -0.15) is 0 Å². The fraction of sp³-hybridized carbons (Fsp3) is 0.190. The second-order valence-corrected chi connectivity index (χ2v) is 9.67. The van der Waals surface area contributed by atoms with Gasteiger partial charge in [-0.05, 0) is 48.5 Å². The molecule has 1 aliphatic rings. The largest absolute Gasteiger partial charge is 0.375 e. The van der Waals surface area contributed by atoms with Crippen LogP contribution in [-0.2, 0) is 29.1 Å². The molecule has 0 atom stereocenters. The minimum atomic E-state index is -4.34. The lowest BCUT2D eigenvalue weighted by Gasteiger charge is -2.20. The van der Waals surface area contributed by atoms with Crippen LogP contribution in [0, 0.1) is 0 Å². The highest BCUT2D eigenvalue weighted by Crippen LogP contribution is 2.26. The van der Waals surface area contributed by atoms with E-state index in [1.54, 1.807) is 6.07 Å². The van der Waals surface area contributed by atoms with Gasteiger partial charge in [-0.15, -0.1) is 0 Å². The number of hydrogen-bond donors (Lipinski definition) is 2. The van der Waals surface area contributed by atoms with E-state index in [1.807, 2.05) is 0 Å². The molecule has 0 aromatic heterocycles. The van der Waals surface area contributed by atoms with Crippen molar-refractivity contribution >= 4 is 62.7 Å². The van der Waals surface area contributed by atoms with Gasteiger partial charge in [0.05, 0.1) is 4.90 Å². The van der Waals surface area contributed by atoms with Gasteiger partial charge < -0.3 is 15.4 Å². The van der Waals surface area contributed by atoms with Crippen molar-refractivity contribution in [1.29, 1.82) is 0 Å². The number of nitrogens with one attached hydrogen (secondary N) is 2. The van der Waals surface area contributed by atoms with Crippen LogP contribution in [0.1, 0.15) is 5.56 Å². The zero-order chi connectivity index (χ0) is 24.2. The number of benzene rings is 2. The first-order chi connectivity index (χ1) is 15.6. The van der Waals surface area contributed by atoms with E-state index < -0.39 is 34.3 Å². The summed E-state index contributed by atoms with van der Waals surface area (Å²) >= 11 is 11.9. The van der Waals surface area contributed by atoms with Gasteiger partial charge >= 0.3 is 0 Å². The van der Waals surface area contributed by atoms with Crippen molar-refractivity contribution in [2.45, 2.75) is 4.90 Å². The van der Waals surface area contributed by atoms with E-state index in [2.05, 4.69) is 10.6 Å². The van der Waals surface area contributed by atoms with Crippen molar-refractivity contribution in [3.63, 3.8) is 0 Å². The molecule has 9 nitrogen and oxygen atoms in total. The highest BCUT2D eigenvalue weighted by molar-refractivity contribution is 7.89. The predicted octanol–water partition coefficient (Wildman–Crippen LogP) is 2.31. The van der Waals surface area contributed by atoms with Gasteiger partial charge in [-0.25, -0.2) is 12.7 Å². The Balaban J connectivity index is 2.02. The minimum absolute atomic E-state index is 0.0251. The highest BCUT2D eigenvalue weighted by Gasteiger charge is 2.35. The van der Waals surface area contributed by atoms with Crippen LogP contribution < -0.4 is 10.6 Å². The third-order valence-corrected chi connectivity index (χ3v) is 6.79. The van der Waals surface area contributed by atoms with Crippen molar-refractivity contribution in [2.24, 2.45) is 0 Å². The van der Waals surface area contributed by atoms with Gasteiger partial charge in [0.1, 0.15) is 13.2 Å². The quantitative estimate of drug-likeness (QED) is 0.573. The van der Waals surface area contributed by atoms with E-state index in [1.165, 1.54) is 49.6 Å². The van der Waals surface area contributed by atoms with Crippen LogP contribution in [0.4, 0.5) is 5.69 Å². The second-order valence-electron chi connectivity index (χ2n) is 6.93. The topological polar surface area (TPSA) is 122 Å². The fourth-order valence-electron chi connectivity index (χ4n) is 3.00. The Morgan fingerprint density at radius 3 is 2.48 bits per heavy atom. The lowest BCUT2D eigenvalue weighted by atomic mass is 10.1. The van der Waals surface area contributed by atoms with Gasteiger partial charge in [-0.3, -0.25) is 14.4 Å². The summed E-state index contributed by atoms with van der Waals surface area (Å²) in [7, 11) is -2.97. The molecule has 2 aromatic carbocycles. The number of hydrogen-bond acceptors (Lipinski definition) is 6. The van der Waals surface area contributed by atoms with Crippen LogP contribution in [0.3, 0.4) is 0 Å². The number of anilines is 1. The summed E-state index contributed by atoms with van der Waals surface area (Å²) in [5, 5.41) is 5.78. The fourth-order valence-corrected chi connectivity index (χ4v) is 4.66. The number of nitrogens with zero attached hydrogens (tertiary/aromatic N) is 1. The molecule has 3 rings (SSSR count).